The van der Waals surface area contributed by atoms with E-state index >= 15 is 0 Å². The Bertz CT molecular complexity index is 831. The lowest BCUT2D eigenvalue weighted by Crippen LogP contribution is -2.52. The highest BCUT2D eigenvalue weighted by molar-refractivity contribution is 5.81. The second kappa shape index (κ2) is 8.71. The van der Waals surface area contributed by atoms with E-state index in [1.54, 1.807) is 11.0 Å². The second-order valence-corrected chi connectivity index (χ2v) is 6.83. The predicted molar refractivity (Wildman–Crippen MR) is 101 cm³/mol. The minimum Gasteiger partial charge on any atom is -0.481 e. The van der Waals surface area contributed by atoms with Crippen molar-refractivity contribution in [3.05, 3.63) is 59.9 Å². The number of piperazine rings is 1. The van der Waals surface area contributed by atoms with E-state index in [0.29, 0.717) is 44.0 Å². The zero-order valence-corrected chi connectivity index (χ0v) is 16.0. The van der Waals surface area contributed by atoms with Crippen LogP contribution in [-0.4, -0.2) is 43.1 Å². The van der Waals surface area contributed by atoms with Gasteiger partial charge >= 0.3 is 6.18 Å². The van der Waals surface area contributed by atoms with E-state index in [-0.39, 0.29) is 11.7 Å². The van der Waals surface area contributed by atoms with Gasteiger partial charge in [0, 0.05) is 31.9 Å². The lowest BCUT2D eigenvalue weighted by Gasteiger charge is -2.37. The fraction of sp³-hybridized carbons (Fsp3) is 0.381. The molecule has 0 saturated carbocycles. The third-order valence-electron chi connectivity index (χ3n) is 4.87. The quantitative estimate of drug-likeness (QED) is 0.687. The molecule has 0 aliphatic carbocycles. The van der Waals surface area contributed by atoms with E-state index < -0.39 is 17.8 Å². The van der Waals surface area contributed by atoms with Crippen LogP contribution in [0.25, 0.3) is 0 Å². The average molecular weight is 410 g/mol. The number of carbonyl (C=O) groups excluding carboxylic acids is 1. The molecule has 0 aromatic heterocycles. The maximum Gasteiger partial charge on any atom is 0.416 e. The highest BCUT2D eigenvalue weighted by Gasteiger charge is 2.32. The Morgan fingerprint density at radius 1 is 1.07 bits per heavy atom. The molecule has 0 radical (unpaired) electrons. The standard InChI is InChI=1S/C21H22F4N2O2/c1-2-19(29-18-8-6-16(22)7-9-18)20(28)27-12-10-26(11-13-27)17-5-3-4-15(14-17)21(23,24)25/h3-9,14,19H,2,10-13H2,1H3/t19-/m1/s1. The monoisotopic (exact) mass is 410 g/mol. The topological polar surface area (TPSA) is 32.8 Å². The largest absolute Gasteiger partial charge is 0.481 e. The van der Waals surface area contributed by atoms with Crippen LogP contribution in [0.2, 0.25) is 0 Å². The van der Waals surface area contributed by atoms with Crippen LogP contribution in [0.3, 0.4) is 0 Å². The summed E-state index contributed by atoms with van der Waals surface area (Å²) in [6.07, 6.45) is -4.63. The number of halogens is 4. The number of amides is 1. The first-order valence-electron chi connectivity index (χ1n) is 9.41. The molecule has 1 heterocycles. The van der Waals surface area contributed by atoms with E-state index in [9.17, 15) is 22.4 Å². The molecule has 156 valence electrons. The van der Waals surface area contributed by atoms with E-state index in [1.807, 2.05) is 11.8 Å². The average Bonchev–Trinajstić information content (AvgIpc) is 2.72. The zero-order valence-electron chi connectivity index (χ0n) is 16.0. The Hall–Kier alpha value is -2.77. The summed E-state index contributed by atoms with van der Waals surface area (Å²) in [5.41, 5.74) is -0.200. The van der Waals surface area contributed by atoms with Gasteiger partial charge in [0.2, 0.25) is 0 Å². The summed E-state index contributed by atoms with van der Waals surface area (Å²) in [6.45, 7) is 3.46. The Morgan fingerprint density at radius 3 is 2.31 bits per heavy atom. The number of nitrogens with zero attached hydrogens (tertiary/aromatic N) is 2. The van der Waals surface area contributed by atoms with Crippen molar-refractivity contribution in [1.29, 1.82) is 0 Å². The molecule has 2 aromatic rings. The number of ether oxygens (including phenoxy) is 1. The van der Waals surface area contributed by atoms with Crippen molar-refractivity contribution in [2.45, 2.75) is 25.6 Å². The van der Waals surface area contributed by atoms with Gasteiger partial charge in [0.1, 0.15) is 11.6 Å². The molecular weight excluding hydrogens is 388 g/mol. The van der Waals surface area contributed by atoms with Crippen molar-refractivity contribution < 1.29 is 27.1 Å². The predicted octanol–water partition coefficient (Wildman–Crippen LogP) is 4.35. The van der Waals surface area contributed by atoms with Crippen LogP contribution in [0.5, 0.6) is 5.75 Å². The van der Waals surface area contributed by atoms with Gasteiger partial charge in [-0.3, -0.25) is 4.79 Å². The number of hydrogen-bond donors (Lipinski definition) is 0. The van der Waals surface area contributed by atoms with Gasteiger partial charge in [-0.15, -0.1) is 0 Å². The minimum absolute atomic E-state index is 0.180. The molecule has 1 atom stereocenters. The highest BCUT2D eigenvalue weighted by Crippen LogP contribution is 2.32. The first-order valence-corrected chi connectivity index (χ1v) is 9.41. The van der Waals surface area contributed by atoms with Crippen molar-refractivity contribution in [2.24, 2.45) is 0 Å². The molecule has 0 bridgehead atoms. The fourth-order valence-electron chi connectivity index (χ4n) is 3.25. The Kier molecular flexibility index (Phi) is 6.30. The fourth-order valence-corrected chi connectivity index (χ4v) is 3.25. The molecule has 1 saturated heterocycles. The van der Waals surface area contributed by atoms with Crippen molar-refractivity contribution in [3.63, 3.8) is 0 Å². The second-order valence-electron chi connectivity index (χ2n) is 6.83. The summed E-state index contributed by atoms with van der Waals surface area (Å²) >= 11 is 0. The third kappa shape index (κ3) is 5.19. The molecule has 0 unspecified atom stereocenters. The van der Waals surface area contributed by atoms with Crippen LogP contribution in [0.15, 0.2) is 48.5 Å². The van der Waals surface area contributed by atoms with Crippen molar-refractivity contribution in [1.82, 2.24) is 4.90 Å². The van der Waals surface area contributed by atoms with Crippen LogP contribution < -0.4 is 9.64 Å². The maximum atomic E-state index is 13.0. The molecule has 1 amide bonds. The van der Waals surface area contributed by atoms with Gasteiger partial charge in [-0.05, 0) is 48.9 Å². The molecule has 0 spiro atoms. The lowest BCUT2D eigenvalue weighted by molar-refractivity contribution is -0.139. The molecule has 2 aromatic carbocycles. The molecule has 0 N–H and O–H groups in total. The van der Waals surface area contributed by atoms with Crippen molar-refractivity contribution in [3.8, 4) is 5.75 Å². The number of carbonyl (C=O) groups is 1. The minimum atomic E-state index is -4.39. The zero-order chi connectivity index (χ0) is 21.0. The van der Waals surface area contributed by atoms with Gasteiger partial charge in [-0.25, -0.2) is 4.39 Å². The number of alkyl halides is 3. The summed E-state index contributed by atoms with van der Waals surface area (Å²) in [6, 6.07) is 10.7. The SMILES string of the molecule is CC[C@@H](Oc1ccc(F)cc1)C(=O)N1CCN(c2cccc(C(F)(F)F)c2)CC1. The van der Waals surface area contributed by atoms with Crippen molar-refractivity contribution in [2.75, 3.05) is 31.1 Å². The number of rotatable bonds is 5. The summed E-state index contributed by atoms with van der Waals surface area (Å²) in [5, 5.41) is 0. The molecule has 1 fully saturated rings. The number of hydrogen-bond acceptors (Lipinski definition) is 3. The van der Waals surface area contributed by atoms with Crippen LogP contribution in [0.4, 0.5) is 23.2 Å². The Balaban J connectivity index is 1.60. The van der Waals surface area contributed by atoms with Gasteiger partial charge < -0.3 is 14.5 Å². The number of anilines is 1. The molecule has 4 nitrogen and oxygen atoms in total. The summed E-state index contributed by atoms with van der Waals surface area (Å²) in [4.78, 5) is 16.3. The van der Waals surface area contributed by atoms with Gasteiger partial charge in [-0.2, -0.15) is 13.2 Å². The van der Waals surface area contributed by atoms with Gasteiger partial charge in [0.05, 0.1) is 5.56 Å². The summed E-state index contributed by atoms with van der Waals surface area (Å²) in [5.74, 6) is -0.155. The van der Waals surface area contributed by atoms with E-state index in [0.717, 1.165) is 12.1 Å². The lowest BCUT2D eigenvalue weighted by atomic mass is 10.1. The summed E-state index contributed by atoms with van der Waals surface area (Å²) in [7, 11) is 0. The summed E-state index contributed by atoms with van der Waals surface area (Å²) < 4.78 is 57.5. The van der Waals surface area contributed by atoms with Crippen molar-refractivity contribution >= 4 is 11.6 Å². The highest BCUT2D eigenvalue weighted by atomic mass is 19.4. The first kappa shape index (κ1) is 21.0. The normalized spacial score (nSPS) is 15.9. The Morgan fingerprint density at radius 2 is 1.72 bits per heavy atom. The van der Waals surface area contributed by atoms with Crippen LogP contribution in [-0.2, 0) is 11.0 Å². The number of benzene rings is 2. The van der Waals surface area contributed by atoms with E-state index in [2.05, 4.69) is 0 Å². The molecule has 1 aliphatic rings. The third-order valence-corrected chi connectivity index (χ3v) is 4.87. The van der Waals surface area contributed by atoms with Crippen LogP contribution in [0.1, 0.15) is 18.9 Å². The van der Waals surface area contributed by atoms with Crippen LogP contribution in [0, 0.1) is 5.82 Å². The molecule has 3 rings (SSSR count). The molecule has 29 heavy (non-hydrogen) atoms. The molecule has 1 aliphatic heterocycles. The smallest absolute Gasteiger partial charge is 0.416 e. The van der Waals surface area contributed by atoms with Gasteiger partial charge in [0.15, 0.2) is 6.10 Å². The van der Waals surface area contributed by atoms with Gasteiger partial charge in [0.25, 0.3) is 5.91 Å². The van der Waals surface area contributed by atoms with Crippen LogP contribution >= 0.6 is 0 Å². The van der Waals surface area contributed by atoms with E-state index in [4.69, 9.17) is 4.74 Å². The molecule has 8 heteroatoms. The molecular formula is C21H22F4N2O2. The van der Waals surface area contributed by atoms with Gasteiger partial charge in [-0.1, -0.05) is 13.0 Å². The maximum absolute atomic E-state index is 13.0. The van der Waals surface area contributed by atoms with E-state index in [1.165, 1.54) is 30.3 Å². The Labute approximate surface area is 166 Å². The first-order chi connectivity index (χ1) is 13.8.